The Morgan fingerprint density at radius 1 is 1.04 bits per heavy atom. The predicted molar refractivity (Wildman–Crippen MR) is 86.9 cm³/mol. The van der Waals surface area contributed by atoms with Crippen molar-refractivity contribution in [1.82, 2.24) is 9.62 Å². The molecule has 2 aliphatic heterocycles. The second-order valence-electron chi connectivity index (χ2n) is 6.20. The largest absolute Gasteiger partial charge is 0.507 e. The molecule has 2 heterocycles. The minimum Gasteiger partial charge on any atom is -0.507 e. The van der Waals surface area contributed by atoms with Crippen molar-refractivity contribution in [2.75, 3.05) is 26.3 Å². The third kappa shape index (κ3) is 3.85. The maximum Gasteiger partial charge on any atom is 0.246 e. The molecule has 0 aromatic heterocycles. The van der Waals surface area contributed by atoms with E-state index >= 15 is 0 Å². The third-order valence-corrected chi connectivity index (χ3v) is 6.58. The van der Waals surface area contributed by atoms with E-state index in [2.05, 4.69) is 5.32 Å². The van der Waals surface area contributed by atoms with E-state index in [-0.39, 0.29) is 10.6 Å². The maximum atomic E-state index is 12.6. The fraction of sp³-hybridized carbons (Fsp3) is 0.625. The number of hydrogen-bond acceptors (Lipinski definition) is 5. The van der Waals surface area contributed by atoms with Crippen LogP contribution in [-0.2, 0) is 14.8 Å². The van der Waals surface area contributed by atoms with E-state index in [1.165, 1.54) is 16.4 Å². The number of phenolic OH excluding ortho intramolecular Hbond substituents is 1. The standard InChI is InChI=1S/C16H24N2O4S/c19-15-3-1-2-4-16(15)23(20,21)18-9-5-13(6-10-18)17-14-7-11-22-12-8-14/h1-4,13-14,17,19H,5-12H2. The van der Waals surface area contributed by atoms with E-state index in [1.807, 2.05) is 0 Å². The summed E-state index contributed by atoms with van der Waals surface area (Å²) in [6, 6.07) is 6.96. The lowest BCUT2D eigenvalue weighted by Crippen LogP contribution is -2.48. The first-order valence-electron chi connectivity index (χ1n) is 8.19. The maximum absolute atomic E-state index is 12.6. The van der Waals surface area contributed by atoms with Gasteiger partial charge in [0, 0.05) is 38.4 Å². The van der Waals surface area contributed by atoms with Gasteiger partial charge in [-0.05, 0) is 37.8 Å². The Balaban J connectivity index is 1.59. The topological polar surface area (TPSA) is 78.9 Å². The molecule has 0 saturated carbocycles. The molecule has 0 radical (unpaired) electrons. The summed E-state index contributed by atoms with van der Waals surface area (Å²) in [6.45, 7) is 2.57. The van der Waals surface area contributed by atoms with Gasteiger partial charge in [0.25, 0.3) is 0 Å². The molecule has 128 valence electrons. The molecule has 0 bridgehead atoms. The monoisotopic (exact) mass is 340 g/mol. The number of rotatable bonds is 4. The first-order chi connectivity index (χ1) is 11.1. The molecular formula is C16H24N2O4S. The predicted octanol–water partition coefficient (Wildman–Crippen LogP) is 1.31. The van der Waals surface area contributed by atoms with Gasteiger partial charge in [-0.15, -0.1) is 0 Å². The van der Waals surface area contributed by atoms with Crippen LogP contribution in [0.25, 0.3) is 0 Å². The summed E-state index contributed by atoms with van der Waals surface area (Å²) >= 11 is 0. The van der Waals surface area contributed by atoms with Gasteiger partial charge in [-0.2, -0.15) is 4.31 Å². The Labute approximate surface area is 137 Å². The summed E-state index contributed by atoms with van der Waals surface area (Å²) in [4.78, 5) is -0.00385. The van der Waals surface area contributed by atoms with Gasteiger partial charge in [0.2, 0.25) is 10.0 Å². The van der Waals surface area contributed by atoms with E-state index in [0.717, 1.165) is 38.9 Å². The second-order valence-corrected chi connectivity index (χ2v) is 8.11. The van der Waals surface area contributed by atoms with E-state index in [0.29, 0.717) is 25.2 Å². The van der Waals surface area contributed by atoms with Crippen molar-refractivity contribution in [3.63, 3.8) is 0 Å². The fourth-order valence-electron chi connectivity index (χ4n) is 3.27. The van der Waals surface area contributed by atoms with Gasteiger partial charge < -0.3 is 15.2 Å². The molecule has 2 fully saturated rings. The number of phenols is 1. The number of piperidine rings is 1. The molecule has 0 aliphatic carbocycles. The number of ether oxygens (including phenoxy) is 1. The van der Waals surface area contributed by atoms with Crippen molar-refractivity contribution in [3.8, 4) is 5.75 Å². The summed E-state index contributed by atoms with van der Waals surface area (Å²) in [5.41, 5.74) is 0. The number of nitrogens with one attached hydrogen (secondary N) is 1. The second kappa shape index (κ2) is 7.17. The summed E-state index contributed by atoms with van der Waals surface area (Å²) in [6.07, 6.45) is 3.64. The van der Waals surface area contributed by atoms with Crippen LogP contribution in [0.15, 0.2) is 29.2 Å². The van der Waals surface area contributed by atoms with Gasteiger partial charge in [0.1, 0.15) is 10.6 Å². The lowest BCUT2D eigenvalue weighted by Gasteiger charge is -2.35. The van der Waals surface area contributed by atoms with E-state index < -0.39 is 10.0 Å². The summed E-state index contributed by atoms with van der Waals surface area (Å²) in [5, 5.41) is 13.4. The zero-order valence-electron chi connectivity index (χ0n) is 13.1. The summed E-state index contributed by atoms with van der Waals surface area (Å²) < 4.78 is 32.1. The zero-order valence-corrected chi connectivity index (χ0v) is 14.0. The van der Waals surface area contributed by atoms with Crippen LogP contribution in [-0.4, -0.2) is 56.2 Å². The lowest BCUT2D eigenvalue weighted by atomic mass is 10.0. The fourth-order valence-corrected chi connectivity index (χ4v) is 4.83. The van der Waals surface area contributed by atoms with Crippen molar-refractivity contribution in [3.05, 3.63) is 24.3 Å². The van der Waals surface area contributed by atoms with Crippen LogP contribution < -0.4 is 5.32 Å². The quantitative estimate of drug-likeness (QED) is 0.864. The SMILES string of the molecule is O=S(=O)(c1ccccc1O)N1CCC(NC2CCOCC2)CC1. The average Bonchev–Trinajstić information content (AvgIpc) is 2.56. The highest BCUT2D eigenvalue weighted by molar-refractivity contribution is 7.89. The van der Waals surface area contributed by atoms with Gasteiger partial charge in [0.05, 0.1) is 0 Å². The zero-order chi connectivity index (χ0) is 16.3. The van der Waals surface area contributed by atoms with Crippen LogP contribution in [0.3, 0.4) is 0 Å². The smallest absolute Gasteiger partial charge is 0.246 e. The Morgan fingerprint density at radius 2 is 1.65 bits per heavy atom. The van der Waals surface area contributed by atoms with Crippen molar-refractivity contribution >= 4 is 10.0 Å². The average molecular weight is 340 g/mol. The van der Waals surface area contributed by atoms with Gasteiger partial charge in [-0.3, -0.25) is 0 Å². The Morgan fingerprint density at radius 3 is 2.30 bits per heavy atom. The third-order valence-electron chi connectivity index (χ3n) is 4.63. The first kappa shape index (κ1) is 16.7. The van der Waals surface area contributed by atoms with Crippen molar-refractivity contribution in [1.29, 1.82) is 0 Å². The molecule has 2 saturated heterocycles. The molecule has 7 heteroatoms. The van der Waals surface area contributed by atoms with Crippen LogP contribution >= 0.6 is 0 Å². The summed E-state index contributed by atoms with van der Waals surface area (Å²) in [7, 11) is -3.61. The Kier molecular flexibility index (Phi) is 5.21. The van der Waals surface area contributed by atoms with Crippen LogP contribution in [0.5, 0.6) is 5.75 Å². The molecular weight excluding hydrogens is 316 g/mol. The number of nitrogens with zero attached hydrogens (tertiary/aromatic N) is 1. The van der Waals surface area contributed by atoms with Crippen LogP contribution in [0.4, 0.5) is 0 Å². The highest BCUT2D eigenvalue weighted by Gasteiger charge is 2.31. The van der Waals surface area contributed by atoms with Crippen LogP contribution in [0.2, 0.25) is 0 Å². The molecule has 2 N–H and O–H groups in total. The van der Waals surface area contributed by atoms with Crippen molar-refractivity contribution < 1.29 is 18.3 Å². The summed E-state index contributed by atoms with van der Waals surface area (Å²) in [5.74, 6) is -0.185. The molecule has 0 unspecified atom stereocenters. The van der Waals surface area contributed by atoms with Gasteiger partial charge in [-0.25, -0.2) is 8.42 Å². The van der Waals surface area contributed by atoms with Crippen LogP contribution in [0.1, 0.15) is 25.7 Å². The molecule has 0 amide bonds. The number of aromatic hydroxyl groups is 1. The van der Waals surface area contributed by atoms with Gasteiger partial charge in [0.15, 0.2) is 0 Å². The Bertz CT molecular complexity index is 621. The molecule has 3 rings (SSSR count). The Hall–Kier alpha value is -1.15. The number of sulfonamides is 1. The number of hydrogen-bond donors (Lipinski definition) is 2. The molecule has 1 aromatic carbocycles. The van der Waals surface area contributed by atoms with Gasteiger partial charge in [-0.1, -0.05) is 12.1 Å². The minimum absolute atomic E-state index is 0.00385. The van der Waals surface area contributed by atoms with E-state index in [4.69, 9.17) is 4.74 Å². The molecule has 2 aliphatic rings. The van der Waals surface area contributed by atoms with E-state index in [9.17, 15) is 13.5 Å². The van der Waals surface area contributed by atoms with Crippen molar-refractivity contribution in [2.45, 2.75) is 42.7 Å². The molecule has 0 spiro atoms. The highest BCUT2D eigenvalue weighted by Crippen LogP contribution is 2.27. The van der Waals surface area contributed by atoms with Crippen molar-refractivity contribution in [2.24, 2.45) is 0 Å². The minimum atomic E-state index is -3.61. The normalized spacial score (nSPS) is 22.3. The number of benzene rings is 1. The highest BCUT2D eigenvalue weighted by atomic mass is 32.2. The number of para-hydroxylation sites is 1. The molecule has 6 nitrogen and oxygen atoms in total. The van der Waals surface area contributed by atoms with Crippen LogP contribution in [0, 0.1) is 0 Å². The van der Waals surface area contributed by atoms with E-state index in [1.54, 1.807) is 12.1 Å². The lowest BCUT2D eigenvalue weighted by molar-refractivity contribution is 0.0725. The molecule has 23 heavy (non-hydrogen) atoms. The first-order valence-corrected chi connectivity index (χ1v) is 9.63. The van der Waals surface area contributed by atoms with Gasteiger partial charge >= 0.3 is 0 Å². The molecule has 1 aromatic rings. The molecule has 0 atom stereocenters.